The van der Waals surface area contributed by atoms with Crippen LogP contribution in [0.2, 0.25) is 0 Å². The number of nitrogens with one attached hydrogen (secondary N) is 1. The number of hydroxylamine groups is 1. The lowest BCUT2D eigenvalue weighted by atomic mass is 9.82. The quantitative estimate of drug-likeness (QED) is 0.335. The first-order chi connectivity index (χ1) is 16.9. The van der Waals surface area contributed by atoms with Gasteiger partial charge >= 0.3 is 0 Å². The highest BCUT2D eigenvalue weighted by atomic mass is 32.2. The smallest absolute Gasteiger partial charge is 0.262 e. The lowest BCUT2D eigenvalue weighted by Gasteiger charge is -2.38. The third-order valence-electron chi connectivity index (χ3n) is 6.24. The maximum Gasteiger partial charge on any atom is 0.262 e. The van der Waals surface area contributed by atoms with Gasteiger partial charge in [-0.25, -0.2) is 13.9 Å². The maximum atomic E-state index is 13.9. The summed E-state index contributed by atoms with van der Waals surface area (Å²) in [6.45, 7) is 5.00. The summed E-state index contributed by atoms with van der Waals surface area (Å²) >= 11 is 0. The maximum absolute atomic E-state index is 13.9. The number of pyridine rings is 1. The van der Waals surface area contributed by atoms with E-state index in [1.807, 2.05) is 6.92 Å². The summed E-state index contributed by atoms with van der Waals surface area (Å²) in [5.41, 5.74) is 2.40. The van der Waals surface area contributed by atoms with Crippen molar-refractivity contribution in [3.05, 3.63) is 54.4 Å². The fourth-order valence-electron chi connectivity index (χ4n) is 4.51. The Hall–Kier alpha value is -2.53. The van der Waals surface area contributed by atoms with Crippen LogP contribution in [0.15, 0.2) is 53.7 Å². The average Bonchev–Trinajstić information content (AvgIpc) is 2.88. The van der Waals surface area contributed by atoms with Gasteiger partial charge in [0.15, 0.2) is 0 Å². The van der Waals surface area contributed by atoms with E-state index < -0.39 is 22.0 Å². The lowest BCUT2D eigenvalue weighted by Crippen LogP contribution is -2.53. The van der Waals surface area contributed by atoms with E-state index in [4.69, 9.17) is 9.47 Å². The van der Waals surface area contributed by atoms with Crippen LogP contribution in [0.3, 0.4) is 0 Å². The molecule has 1 aliphatic carbocycles. The fourth-order valence-corrected chi connectivity index (χ4v) is 6.15. The summed E-state index contributed by atoms with van der Waals surface area (Å²) in [6, 6.07) is 8.48. The molecule has 0 aliphatic heterocycles. The molecule has 1 aromatic carbocycles. The van der Waals surface area contributed by atoms with Crippen molar-refractivity contribution in [3.63, 3.8) is 0 Å². The minimum absolute atomic E-state index is 0.0393. The molecule has 9 nitrogen and oxygen atoms in total. The van der Waals surface area contributed by atoms with Crippen LogP contribution in [0.1, 0.15) is 51.5 Å². The molecule has 2 N–H and O–H groups in total. The monoisotopic (exact) mass is 505 g/mol. The van der Waals surface area contributed by atoms with Crippen LogP contribution in [-0.4, -0.2) is 54.2 Å². The van der Waals surface area contributed by atoms with Crippen LogP contribution < -0.4 is 10.2 Å². The summed E-state index contributed by atoms with van der Waals surface area (Å²) in [7, 11) is -4.11. The Morgan fingerprint density at radius 1 is 1.11 bits per heavy atom. The van der Waals surface area contributed by atoms with Gasteiger partial charge in [0.2, 0.25) is 10.0 Å². The van der Waals surface area contributed by atoms with Gasteiger partial charge in [-0.2, -0.15) is 4.31 Å². The molecule has 0 saturated heterocycles. The molecular weight excluding hydrogens is 470 g/mol. The second kappa shape index (κ2) is 13.0. The first-order valence-corrected chi connectivity index (χ1v) is 13.5. The van der Waals surface area contributed by atoms with Crippen molar-refractivity contribution in [1.82, 2.24) is 14.8 Å². The molecule has 0 radical (unpaired) electrons. The number of ether oxygens (including phenoxy) is 2. The fraction of sp³-hybridized carbons (Fsp3) is 0.520. The summed E-state index contributed by atoms with van der Waals surface area (Å²) in [6.07, 6.45) is 6.85. The summed E-state index contributed by atoms with van der Waals surface area (Å²) in [4.78, 5) is 17.0. The molecular formula is C25H35N3O6S. The van der Waals surface area contributed by atoms with Gasteiger partial charge in [0.1, 0.15) is 11.8 Å². The molecule has 0 spiro atoms. The number of rotatable bonds is 12. The van der Waals surface area contributed by atoms with Crippen LogP contribution in [0.25, 0.3) is 0 Å². The highest BCUT2D eigenvalue weighted by Gasteiger charge is 2.42. The zero-order valence-electron chi connectivity index (χ0n) is 20.3. The molecule has 2 aromatic rings. The Kier molecular flexibility index (Phi) is 10.0. The summed E-state index contributed by atoms with van der Waals surface area (Å²) < 4.78 is 40.3. The Morgan fingerprint density at radius 2 is 1.77 bits per heavy atom. The van der Waals surface area contributed by atoms with Gasteiger partial charge in [0, 0.05) is 25.5 Å². The van der Waals surface area contributed by atoms with Crippen molar-refractivity contribution in [2.24, 2.45) is 5.92 Å². The van der Waals surface area contributed by atoms with E-state index in [0.29, 0.717) is 37.4 Å². The number of carbonyl (C=O) groups excluding carboxylic acids is 1. The molecule has 1 aromatic heterocycles. The van der Waals surface area contributed by atoms with Crippen LogP contribution in [0, 0.1) is 5.92 Å². The molecule has 1 aliphatic rings. The van der Waals surface area contributed by atoms with E-state index >= 15 is 0 Å². The number of benzene rings is 1. The highest BCUT2D eigenvalue weighted by Crippen LogP contribution is 2.34. The van der Waals surface area contributed by atoms with Crippen molar-refractivity contribution in [1.29, 1.82) is 0 Å². The van der Waals surface area contributed by atoms with Gasteiger partial charge in [0.05, 0.1) is 17.6 Å². The second-order valence-corrected chi connectivity index (χ2v) is 10.5. The Balaban J connectivity index is 1.95. The number of nitrogens with zero attached hydrogens (tertiary/aromatic N) is 2. The van der Waals surface area contributed by atoms with Gasteiger partial charge in [-0.1, -0.05) is 6.92 Å². The SMILES string of the molecule is CCCO[C@H]1CC[C@H]([C@H](C(=O)NO)N(Cc2ccncc2)S(=O)(=O)c2ccc(OCC)cc2)CC1. The highest BCUT2D eigenvalue weighted by molar-refractivity contribution is 7.89. The van der Waals surface area contributed by atoms with Crippen LogP contribution in [-0.2, 0) is 26.1 Å². The van der Waals surface area contributed by atoms with Crippen molar-refractivity contribution in [3.8, 4) is 5.75 Å². The molecule has 0 bridgehead atoms. The lowest BCUT2D eigenvalue weighted by molar-refractivity contribution is -0.136. The van der Waals surface area contributed by atoms with E-state index in [0.717, 1.165) is 19.3 Å². The van der Waals surface area contributed by atoms with Gasteiger partial charge in [-0.15, -0.1) is 0 Å². The number of hydrogen-bond acceptors (Lipinski definition) is 7. The largest absolute Gasteiger partial charge is 0.494 e. The van der Waals surface area contributed by atoms with Crippen molar-refractivity contribution < 1.29 is 27.9 Å². The van der Waals surface area contributed by atoms with E-state index in [9.17, 15) is 18.4 Å². The standard InChI is InChI=1S/C25H35N3O6S/c1-3-17-34-22-7-5-20(6-8-22)24(25(29)27-30)28(18-19-13-15-26-16-14-19)35(31,32)23-11-9-21(10-12-23)33-4-2/h9-16,20,22,24,30H,3-8,17-18H2,1-2H3,(H,27,29)/t20-,22-,24-/m1/s1. The predicted octanol–water partition coefficient (Wildman–Crippen LogP) is 3.53. The molecule has 192 valence electrons. The van der Waals surface area contributed by atoms with Crippen LogP contribution in [0.5, 0.6) is 5.75 Å². The van der Waals surface area contributed by atoms with E-state index in [1.54, 1.807) is 42.1 Å². The molecule has 3 rings (SSSR count). The van der Waals surface area contributed by atoms with E-state index in [1.165, 1.54) is 16.4 Å². The Labute approximate surface area is 207 Å². The van der Waals surface area contributed by atoms with Crippen LogP contribution >= 0.6 is 0 Å². The van der Waals surface area contributed by atoms with Gasteiger partial charge in [0.25, 0.3) is 5.91 Å². The van der Waals surface area contributed by atoms with Gasteiger partial charge < -0.3 is 9.47 Å². The molecule has 35 heavy (non-hydrogen) atoms. The first kappa shape index (κ1) is 27.1. The minimum atomic E-state index is -4.11. The average molecular weight is 506 g/mol. The zero-order chi connectivity index (χ0) is 25.3. The van der Waals surface area contributed by atoms with Gasteiger partial charge in [-0.05, 0) is 86.9 Å². The zero-order valence-corrected chi connectivity index (χ0v) is 21.1. The van der Waals surface area contributed by atoms with Crippen LogP contribution in [0.4, 0.5) is 0 Å². The van der Waals surface area contributed by atoms with E-state index in [-0.39, 0.29) is 23.5 Å². The van der Waals surface area contributed by atoms with E-state index in [2.05, 4.69) is 11.9 Å². The number of carbonyl (C=O) groups is 1. The third kappa shape index (κ3) is 7.00. The first-order valence-electron chi connectivity index (χ1n) is 12.1. The van der Waals surface area contributed by atoms with Crippen molar-refractivity contribution in [2.75, 3.05) is 13.2 Å². The molecule has 1 saturated carbocycles. The molecule has 10 heteroatoms. The topological polar surface area (TPSA) is 118 Å². The summed E-state index contributed by atoms with van der Waals surface area (Å²) in [5, 5.41) is 9.58. The molecule has 0 unspecified atom stereocenters. The normalized spacial score (nSPS) is 19.3. The number of sulfonamides is 1. The minimum Gasteiger partial charge on any atom is -0.494 e. The molecule has 1 fully saturated rings. The third-order valence-corrected chi connectivity index (χ3v) is 8.08. The Morgan fingerprint density at radius 3 is 2.34 bits per heavy atom. The van der Waals surface area contributed by atoms with Gasteiger partial charge in [-0.3, -0.25) is 15.0 Å². The molecule has 1 atom stereocenters. The van der Waals surface area contributed by atoms with Crippen molar-refractivity contribution >= 4 is 15.9 Å². The number of amides is 1. The predicted molar refractivity (Wildman–Crippen MR) is 130 cm³/mol. The van der Waals surface area contributed by atoms with Crippen molar-refractivity contribution in [2.45, 2.75) is 69.5 Å². The Bertz CT molecular complexity index is 1020. The second-order valence-electron chi connectivity index (χ2n) is 8.64. The molecule has 1 heterocycles. The summed E-state index contributed by atoms with van der Waals surface area (Å²) in [5.74, 6) is -0.461. The number of hydrogen-bond donors (Lipinski definition) is 2. The number of aromatic nitrogens is 1. The molecule has 1 amide bonds.